The molecule has 2 rings (SSSR count). The highest BCUT2D eigenvalue weighted by molar-refractivity contribution is 6.31. The molecule has 5 heteroatoms. The Morgan fingerprint density at radius 2 is 1.81 bits per heavy atom. The van der Waals surface area contributed by atoms with Crippen LogP contribution in [0.5, 0.6) is 0 Å². The Morgan fingerprint density at radius 3 is 2.33 bits per heavy atom. The highest BCUT2D eigenvalue weighted by Crippen LogP contribution is 2.29. The fourth-order valence-electron chi connectivity index (χ4n) is 2.88. The van der Waals surface area contributed by atoms with E-state index in [4.69, 9.17) is 23.2 Å². The summed E-state index contributed by atoms with van der Waals surface area (Å²) in [6.45, 7) is 9.63. The number of aromatic nitrogens is 2. The average molecular weight is 331 g/mol. The molecule has 2 aromatic rings. The number of hydrogen-bond donors (Lipinski definition) is 0. The standard InChI is InChI=1S/C16H21Cl2FN2/c1-9(2)11(10(3)4)8-21-15-6-13(19)12(18)5-14(15)20-16(21)7-17/h5-6,9-11H,7-8H2,1-4H3. The Balaban J connectivity index is 2.53. The van der Waals surface area contributed by atoms with Crippen molar-refractivity contribution in [3.63, 3.8) is 0 Å². The van der Waals surface area contributed by atoms with E-state index in [9.17, 15) is 4.39 Å². The molecule has 1 heterocycles. The molecule has 0 saturated carbocycles. The fourth-order valence-corrected chi connectivity index (χ4v) is 3.24. The zero-order valence-corrected chi connectivity index (χ0v) is 14.3. The van der Waals surface area contributed by atoms with Crippen molar-refractivity contribution >= 4 is 34.2 Å². The molecule has 1 aromatic carbocycles. The Labute approximate surface area is 135 Å². The van der Waals surface area contributed by atoms with Crippen molar-refractivity contribution in [2.45, 2.75) is 40.1 Å². The molecule has 0 unspecified atom stereocenters. The van der Waals surface area contributed by atoms with Crippen LogP contribution >= 0.6 is 23.2 Å². The van der Waals surface area contributed by atoms with Gasteiger partial charge in [0.1, 0.15) is 11.6 Å². The van der Waals surface area contributed by atoms with Gasteiger partial charge in [0.05, 0.1) is 21.9 Å². The first-order chi connectivity index (χ1) is 9.85. The lowest BCUT2D eigenvalue weighted by Gasteiger charge is -2.26. The van der Waals surface area contributed by atoms with Gasteiger partial charge in [0.2, 0.25) is 0 Å². The lowest BCUT2D eigenvalue weighted by Crippen LogP contribution is -2.22. The molecular weight excluding hydrogens is 310 g/mol. The molecule has 0 bridgehead atoms. The summed E-state index contributed by atoms with van der Waals surface area (Å²) in [7, 11) is 0. The summed E-state index contributed by atoms with van der Waals surface area (Å²) in [5, 5.41) is 0.0949. The monoisotopic (exact) mass is 330 g/mol. The van der Waals surface area contributed by atoms with E-state index in [1.165, 1.54) is 6.07 Å². The van der Waals surface area contributed by atoms with Crippen LogP contribution in [0, 0.1) is 23.6 Å². The third-order valence-corrected chi connectivity index (χ3v) is 4.62. The molecule has 0 fully saturated rings. The summed E-state index contributed by atoms with van der Waals surface area (Å²) in [6.07, 6.45) is 0. The number of alkyl halides is 1. The van der Waals surface area contributed by atoms with Crippen LogP contribution in [-0.2, 0) is 12.4 Å². The third kappa shape index (κ3) is 3.35. The molecule has 21 heavy (non-hydrogen) atoms. The van der Waals surface area contributed by atoms with Crippen LogP contribution in [0.4, 0.5) is 4.39 Å². The Bertz CT molecular complexity index is 627. The Morgan fingerprint density at radius 1 is 1.19 bits per heavy atom. The highest BCUT2D eigenvalue weighted by Gasteiger charge is 2.21. The second-order valence-electron chi connectivity index (χ2n) is 6.18. The second kappa shape index (κ2) is 6.53. The van der Waals surface area contributed by atoms with Gasteiger partial charge in [0.25, 0.3) is 0 Å². The smallest absolute Gasteiger partial charge is 0.144 e. The highest BCUT2D eigenvalue weighted by atomic mass is 35.5. The molecule has 0 saturated heterocycles. The number of imidazole rings is 1. The number of hydrogen-bond acceptors (Lipinski definition) is 1. The molecule has 116 valence electrons. The molecule has 0 amide bonds. The molecule has 0 N–H and O–H groups in total. The summed E-state index contributed by atoms with van der Waals surface area (Å²) < 4.78 is 15.8. The van der Waals surface area contributed by atoms with E-state index in [-0.39, 0.29) is 5.02 Å². The number of fused-ring (bicyclic) bond motifs is 1. The van der Waals surface area contributed by atoms with E-state index in [1.54, 1.807) is 6.07 Å². The average Bonchev–Trinajstić information content (AvgIpc) is 2.73. The van der Waals surface area contributed by atoms with Crippen molar-refractivity contribution in [2.75, 3.05) is 0 Å². The fraction of sp³-hybridized carbons (Fsp3) is 0.562. The van der Waals surface area contributed by atoms with Gasteiger partial charge in [0, 0.05) is 12.6 Å². The van der Waals surface area contributed by atoms with E-state index in [0.29, 0.717) is 29.2 Å². The molecule has 0 aliphatic rings. The van der Waals surface area contributed by atoms with Gasteiger partial charge in [-0.3, -0.25) is 0 Å². The SMILES string of the molecule is CC(C)C(Cn1c(CCl)nc2cc(Cl)c(F)cc21)C(C)C. The van der Waals surface area contributed by atoms with Gasteiger partial charge in [0.15, 0.2) is 0 Å². The summed E-state index contributed by atoms with van der Waals surface area (Å²) in [6, 6.07) is 3.02. The van der Waals surface area contributed by atoms with Crippen molar-refractivity contribution in [1.29, 1.82) is 0 Å². The van der Waals surface area contributed by atoms with Gasteiger partial charge < -0.3 is 4.57 Å². The molecule has 0 radical (unpaired) electrons. The maximum atomic E-state index is 13.8. The lowest BCUT2D eigenvalue weighted by molar-refractivity contribution is 0.252. The summed E-state index contributed by atoms with van der Waals surface area (Å²) in [5.74, 6) is 2.18. The topological polar surface area (TPSA) is 17.8 Å². The van der Waals surface area contributed by atoms with Crippen molar-refractivity contribution in [2.24, 2.45) is 17.8 Å². The van der Waals surface area contributed by atoms with Crippen LogP contribution in [0.15, 0.2) is 12.1 Å². The number of halogens is 3. The van der Waals surface area contributed by atoms with Gasteiger partial charge >= 0.3 is 0 Å². The van der Waals surface area contributed by atoms with Crippen molar-refractivity contribution < 1.29 is 4.39 Å². The molecule has 2 nitrogen and oxygen atoms in total. The molecule has 0 atom stereocenters. The third-order valence-electron chi connectivity index (χ3n) is 4.09. The van der Waals surface area contributed by atoms with Crippen LogP contribution in [0.25, 0.3) is 11.0 Å². The van der Waals surface area contributed by atoms with E-state index in [0.717, 1.165) is 17.9 Å². The zero-order chi connectivity index (χ0) is 15.7. The van der Waals surface area contributed by atoms with E-state index in [2.05, 4.69) is 32.7 Å². The number of nitrogens with zero attached hydrogens (tertiary/aromatic N) is 2. The maximum absolute atomic E-state index is 13.8. The molecular formula is C16H21Cl2FN2. The second-order valence-corrected chi connectivity index (χ2v) is 6.85. The first-order valence-electron chi connectivity index (χ1n) is 7.25. The van der Waals surface area contributed by atoms with E-state index < -0.39 is 5.82 Å². The van der Waals surface area contributed by atoms with Crippen LogP contribution in [-0.4, -0.2) is 9.55 Å². The summed E-state index contributed by atoms with van der Waals surface area (Å²) in [5.41, 5.74) is 1.46. The van der Waals surface area contributed by atoms with Crippen LogP contribution < -0.4 is 0 Å². The number of benzene rings is 1. The minimum absolute atomic E-state index is 0.0949. The van der Waals surface area contributed by atoms with Crippen molar-refractivity contribution in [3.05, 3.63) is 28.8 Å². The summed E-state index contributed by atoms with van der Waals surface area (Å²) >= 11 is 11.9. The van der Waals surface area contributed by atoms with Gasteiger partial charge in [-0.15, -0.1) is 11.6 Å². The van der Waals surface area contributed by atoms with Gasteiger partial charge in [-0.05, 0) is 23.8 Å². The van der Waals surface area contributed by atoms with Gasteiger partial charge in [-0.25, -0.2) is 9.37 Å². The minimum Gasteiger partial charge on any atom is -0.327 e. The maximum Gasteiger partial charge on any atom is 0.144 e. The predicted molar refractivity (Wildman–Crippen MR) is 87.4 cm³/mol. The zero-order valence-electron chi connectivity index (χ0n) is 12.8. The van der Waals surface area contributed by atoms with Crippen molar-refractivity contribution in [1.82, 2.24) is 9.55 Å². The minimum atomic E-state index is -0.419. The molecule has 0 aliphatic carbocycles. The number of rotatable bonds is 5. The first-order valence-corrected chi connectivity index (χ1v) is 8.16. The Hall–Kier alpha value is -0.800. The van der Waals surface area contributed by atoms with Crippen LogP contribution in [0.2, 0.25) is 5.02 Å². The molecule has 0 aliphatic heterocycles. The van der Waals surface area contributed by atoms with Crippen LogP contribution in [0.3, 0.4) is 0 Å². The van der Waals surface area contributed by atoms with Crippen LogP contribution in [0.1, 0.15) is 33.5 Å². The largest absolute Gasteiger partial charge is 0.327 e. The van der Waals surface area contributed by atoms with E-state index >= 15 is 0 Å². The van der Waals surface area contributed by atoms with E-state index in [1.807, 2.05) is 4.57 Å². The van der Waals surface area contributed by atoms with Gasteiger partial charge in [-0.2, -0.15) is 0 Å². The lowest BCUT2D eigenvalue weighted by atomic mass is 9.85. The normalized spacial score (nSPS) is 12.3. The predicted octanol–water partition coefficient (Wildman–Crippen LogP) is 5.50. The molecule has 0 spiro atoms. The van der Waals surface area contributed by atoms with Gasteiger partial charge in [-0.1, -0.05) is 39.3 Å². The quantitative estimate of drug-likeness (QED) is 0.662. The first kappa shape index (κ1) is 16.6. The van der Waals surface area contributed by atoms with Crippen molar-refractivity contribution in [3.8, 4) is 0 Å². The molecule has 1 aromatic heterocycles. The summed E-state index contributed by atoms with van der Waals surface area (Å²) in [4.78, 5) is 4.48. The Kier molecular flexibility index (Phi) is 5.15.